The van der Waals surface area contributed by atoms with Gasteiger partial charge >= 0.3 is 6.09 Å². The number of nitrogens with zero attached hydrogens (tertiary/aromatic N) is 3. The Kier molecular flexibility index (Phi) is 5.16. The van der Waals surface area contributed by atoms with Crippen LogP contribution in [0.1, 0.15) is 24.0 Å². The van der Waals surface area contributed by atoms with Crippen LogP contribution in [0.25, 0.3) is 0 Å². The van der Waals surface area contributed by atoms with E-state index in [4.69, 9.17) is 4.74 Å². The van der Waals surface area contributed by atoms with Gasteiger partial charge in [-0.3, -0.25) is 4.79 Å². The van der Waals surface area contributed by atoms with E-state index in [-0.39, 0.29) is 18.1 Å². The molecule has 136 valence electrons. The summed E-state index contributed by atoms with van der Waals surface area (Å²) in [6, 6.07) is 6.38. The number of hydrogen-bond donors (Lipinski definition) is 0. The zero-order valence-corrected chi connectivity index (χ0v) is 15.3. The number of likely N-dealkylation sites (N-methyl/N-ethyl adjacent to an activating group) is 1. The lowest BCUT2D eigenvalue weighted by Gasteiger charge is -2.37. The second-order valence-corrected chi connectivity index (χ2v) is 7.01. The fourth-order valence-corrected chi connectivity index (χ4v) is 3.52. The molecule has 0 spiro atoms. The summed E-state index contributed by atoms with van der Waals surface area (Å²) in [5.74, 6) is 0.159. The molecule has 0 aromatic heterocycles. The van der Waals surface area contributed by atoms with Gasteiger partial charge in [-0.25, -0.2) is 4.79 Å². The molecule has 1 unspecified atom stereocenters. The van der Waals surface area contributed by atoms with Crippen LogP contribution in [0.4, 0.5) is 10.5 Å². The van der Waals surface area contributed by atoms with Crippen molar-refractivity contribution in [1.29, 1.82) is 0 Å². The van der Waals surface area contributed by atoms with E-state index < -0.39 is 0 Å². The molecule has 0 aliphatic carbocycles. The molecule has 0 bridgehead atoms. The van der Waals surface area contributed by atoms with Crippen LogP contribution in [0.2, 0.25) is 0 Å². The van der Waals surface area contributed by atoms with Crippen LogP contribution in [0.15, 0.2) is 18.2 Å². The van der Waals surface area contributed by atoms with Gasteiger partial charge in [0, 0.05) is 45.3 Å². The van der Waals surface area contributed by atoms with Crippen LogP contribution >= 0.6 is 0 Å². The molecule has 2 aliphatic heterocycles. The maximum atomic E-state index is 12.4. The van der Waals surface area contributed by atoms with Crippen molar-refractivity contribution in [3.8, 4) is 0 Å². The lowest BCUT2D eigenvalue weighted by atomic mass is 10.1. The second-order valence-electron chi connectivity index (χ2n) is 7.01. The first-order valence-corrected chi connectivity index (χ1v) is 8.96. The Labute approximate surface area is 149 Å². The number of cyclic esters (lactones) is 1. The number of anilines is 1. The quantitative estimate of drug-likeness (QED) is 0.839. The van der Waals surface area contributed by atoms with E-state index in [1.807, 2.05) is 4.90 Å². The van der Waals surface area contributed by atoms with Crippen molar-refractivity contribution in [3.05, 3.63) is 29.3 Å². The minimum Gasteiger partial charge on any atom is -0.444 e. The van der Waals surface area contributed by atoms with E-state index in [9.17, 15) is 9.59 Å². The Morgan fingerprint density at radius 2 is 1.92 bits per heavy atom. The molecule has 3 rings (SSSR count). The van der Waals surface area contributed by atoms with Crippen LogP contribution in [0, 0.1) is 13.8 Å². The van der Waals surface area contributed by atoms with E-state index in [0.717, 1.165) is 26.2 Å². The highest BCUT2D eigenvalue weighted by molar-refractivity contribution is 5.77. The molecule has 1 aromatic carbocycles. The van der Waals surface area contributed by atoms with Crippen LogP contribution in [-0.4, -0.2) is 67.7 Å². The highest BCUT2D eigenvalue weighted by atomic mass is 16.6. The van der Waals surface area contributed by atoms with Crippen LogP contribution in [0.3, 0.4) is 0 Å². The predicted octanol–water partition coefficient (Wildman–Crippen LogP) is 2.18. The maximum absolute atomic E-state index is 12.4. The van der Waals surface area contributed by atoms with Gasteiger partial charge in [-0.1, -0.05) is 12.1 Å². The van der Waals surface area contributed by atoms with Gasteiger partial charge in [-0.2, -0.15) is 0 Å². The first-order valence-electron chi connectivity index (χ1n) is 8.96. The van der Waals surface area contributed by atoms with Crippen molar-refractivity contribution in [2.75, 3.05) is 44.7 Å². The SMILES string of the molecule is Cc1cccc(N2CCN(C(=O)CCC3CN(C)C(=O)O3)CC2)c1C. The number of amides is 2. The normalized spacial score (nSPS) is 20.8. The zero-order valence-electron chi connectivity index (χ0n) is 15.3. The summed E-state index contributed by atoms with van der Waals surface area (Å²) >= 11 is 0. The van der Waals surface area contributed by atoms with E-state index >= 15 is 0 Å². The van der Waals surface area contributed by atoms with Gasteiger partial charge in [0.15, 0.2) is 0 Å². The summed E-state index contributed by atoms with van der Waals surface area (Å²) in [6.45, 7) is 8.07. The molecular formula is C19H27N3O3. The van der Waals surface area contributed by atoms with Crippen molar-refractivity contribution in [2.24, 2.45) is 0 Å². The minimum absolute atomic E-state index is 0.155. The summed E-state index contributed by atoms with van der Waals surface area (Å²) in [6.07, 6.45) is 0.596. The van der Waals surface area contributed by atoms with E-state index in [0.29, 0.717) is 19.4 Å². The molecule has 0 N–H and O–H groups in total. The summed E-state index contributed by atoms with van der Waals surface area (Å²) < 4.78 is 5.22. The number of ether oxygens (including phenoxy) is 1. The number of hydrogen-bond acceptors (Lipinski definition) is 4. The monoisotopic (exact) mass is 345 g/mol. The molecule has 2 amide bonds. The molecule has 2 aliphatic rings. The predicted molar refractivity (Wildman–Crippen MR) is 96.8 cm³/mol. The lowest BCUT2D eigenvalue weighted by molar-refractivity contribution is -0.132. The average molecular weight is 345 g/mol. The number of carbonyl (C=O) groups is 2. The van der Waals surface area contributed by atoms with Gasteiger partial charge in [0.25, 0.3) is 0 Å². The van der Waals surface area contributed by atoms with Gasteiger partial charge in [0.05, 0.1) is 6.54 Å². The minimum atomic E-state index is -0.292. The van der Waals surface area contributed by atoms with Crippen LogP contribution in [-0.2, 0) is 9.53 Å². The number of aryl methyl sites for hydroxylation is 1. The van der Waals surface area contributed by atoms with Gasteiger partial charge in [0.2, 0.25) is 5.91 Å². The van der Waals surface area contributed by atoms with E-state index in [1.165, 1.54) is 16.8 Å². The third kappa shape index (κ3) is 3.89. The number of piperazine rings is 1. The second kappa shape index (κ2) is 7.33. The molecular weight excluding hydrogens is 318 g/mol. The summed E-state index contributed by atoms with van der Waals surface area (Å²) in [4.78, 5) is 29.6. The third-order valence-electron chi connectivity index (χ3n) is 5.29. The fraction of sp³-hybridized carbons (Fsp3) is 0.579. The highest BCUT2D eigenvalue weighted by Gasteiger charge is 2.29. The van der Waals surface area contributed by atoms with Gasteiger partial charge in [0.1, 0.15) is 6.10 Å². The summed E-state index contributed by atoms with van der Waals surface area (Å²) in [7, 11) is 1.72. The van der Waals surface area contributed by atoms with Crippen molar-refractivity contribution in [3.63, 3.8) is 0 Å². The molecule has 2 fully saturated rings. The fourth-order valence-electron chi connectivity index (χ4n) is 3.52. The molecule has 1 aromatic rings. The molecule has 0 radical (unpaired) electrons. The smallest absolute Gasteiger partial charge is 0.409 e. The summed E-state index contributed by atoms with van der Waals surface area (Å²) in [5.41, 5.74) is 3.88. The Bertz CT molecular complexity index is 653. The number of rotatable bonds is 4. The lowest BCUT2D eigenvalue weighted by Crippen LogP contribution is -2.49. The highest BCUT2D eigenvalue weighted by Crippen LogP contribution is 2.24. The van der Waals surface area contributed by atoms with Crippen molar-refractivity contribution in [1.82, 2.24) is 9.80 Å². The first kappa shape index (κ1) is 17.6. The molecule has 1 atom stereocenters. The van der Waals surface area contributed by atoms with E-state index in [1.54, 1.807) is 11.9 Å². The Hall–Kier alpha value is -2.24. The van der Waals surface area contributed by atoms with Crippen molar-refractivity contribution >= 4 is 17.7 Å². The third-order valence-corrected chi connectivity index (χ3v) is 5.29. The number of benzene rings is 1. The molecule has 6 nitrogen and oxygen atoms in total. The van der Waals surface area contributed by atoms with E-state index in [2.05, 4.69) is 36.9 Å². The van der Waals surface area contributed by atoms with Crippen LogP contribution in [0.5, 0.6) is 0 Å². The molecule has 0 saturated carbocycles. The number of carbonyl (C=O) groups excluding carboxylic acids is 2. The zero-order chi connectivity index (χ0) is 18.0. The Morgan fingerprint density at radius 3 is 2.56 bits per heavy atom. The standard InChI is InChI=1S/C19H27N3O3/c1-14-5-4-6-17(15(14)2)21-9-11-22(12-10-21)18(23)8-7-16-13-20(3)19(24)25-16/h4-6,16H,7-13H2,1-3H3. The van der Waals surface area contributed by atoms with Gasteiger partial charge in [-0.15, -0.1) is 0 Å². The Morgan fingerprint density at radius 1 is 1.20 bits per heavy atom. The van der Waals surface area contributed by atoms with Gasteiger partial charge in [-0.05, 0) is 37.5 Å². The molecule has 6 heteroatoms. The molecule has 2 heterocycles. The van der Waals surface area contributed by atoms with Crippen molar-refractivity contribution in [2.45, 2.75) is 32.8 Å². The Balaban J connectivity index is 1.48. The maximum Gasteiger partial charge on any atom is 0.409 e. The first-order chi connectivity index (χ1) is 12.0. The largest absolute Gasteiger partial charge is 0.444 e. The topological polar surface area (TPSA) is 53.1 Å². The average Bonchev–Trinajstić information content (AvgIpc) is 2.93. The summed E-state index contributed by atoms with van der Waals surface area (Å²) in [5, 5.41) is 0. The molecule has 2 saturated heterocycles. The van der Waals surface area contributed by atoms with Crippen molar-refractivity contribution < 1.29 is 14.3 Å². The molecule has 25 heavy (non-hydrogen) atoms. The van der Waals surface area contributed by atoms with Crippen LogP contribution < -0.4 is 4.90 Å². The van der Waals surface area contributed by atoms with Gasteiger partial charge < -0.3 is 19.4 Å².